The fourth-order valence-electron chi connectivity index (χ4n) is 6.96. The maximum atomic E-state index is 6.32. The van der Waals surface area contributed by atoms with Crippen LogP contribution in [0.2, 0.25) is 0 Å². The summed E-state index contributed by atoms with van der Waals surface area (Å²) in [4.78, 5) is 9.99. The molecular weight excluding hydrogens is 480 g/mol. The number of fused-ring (bicyclic) bond motifs is 4. The van der Waals surface area contributed by atoms with Gasteiger partial charge in [0, 0.05) is 19.6 Å². The lowest BCUT2D eigenvalue weighted by Crippen LogP contribution is -2.48. The van der Waals surface area contributed by atoms with Crippen molar-refractivity contribution < 1.29 is 4.48 Å². The molecule has 0 amide bonds. The molecule has 3 saturated heterocycles. The van der Waals surface area contributed by atoms with Crippen molar-refractivity contribution in [1.82, 2.24) is 15.1 Å². The molecule has 6 nitrogen and oxygen atoms in total. The zero-order valence-corrected chi connectivity index (χ0v) is 25.9. The average Bonchev–Trinajstić information content (AvgIpc) is 3.29. The Morgan fingerprint density at radius 2 is 1.74 bits per heavy atom. The minimum atomic E-state index is 0.596. The third kappa shape index (κ3) is 11.0. The number of rotatable bonds is 18. The molecule has 2 unspecified atom stereocenters. The van der Waals surface area contributed by atoms with Crippen LogP contribution < -0.4 is 11.1 Å². The number of nitrogens with one attached hydrogen (secondary N) is 1. The number of nitrogens with two attached hydrogens (primary N) is 1. The Balaban J connectivity index is 1.44. The molecule has 4 rings (SSSR count). The highest BCUT2D eigenvalue weighted by atomic mass is 15.3. The van der Waals surface area contributed by atoms with Gasteiger partial charge in [0.1, 0.15) is 0 Å². The standard InChI is InChI=1S/C33H61N6/c1-5-39(6-2,7-3)26-12-11-21-35-33(34)36-28-38(22-17-30-13-9-8-10-14-30)27-29(4)15-16-31-18-23-37-24-19-32(31)20-25-37/h8-10,13-14,29,31-32H,5-7,11-12,15-28H2,1-4H3,(H3,34,35,36)/q+1. The quantitative estimate of drug-likeness (QED) is 0.116. The summed E-state index contributed by atoms with van der Waals surface area (Å²) in [6, 6.07) is 10.9. The molecule has 6 heteroatoms. The van der Waals surface area contributed by atoms with Crippen LogP contribution in [0.5, 0.6) is 0 Å². The van der Waals surface area contributed by atoms with Gasteiger partial charge < -0.3 is 20.4 Å². The summed E-state index contributed by atoms with van der Waals surface area (Å²) in [6.07, 6.45) is 10.4. The maximum Gasteiger partial charge on any atom is 0.189 e. The van der Waals surface area contributed by atoms with Crippen LogP contribution in [0.25, 0.3) is 0 Å². The molecule has 3 N–H and O–H groups in total. The third-order valence-corrected chi connectivity index (χ3v) is 10.1. The predicted octanol–water partition coefficient (Wildman–Crippen LogP) is 5.20. The SMILES string of the molecule is CC[N+](CC)(CC)CCCCNC(N)=NCN(CCc1ccccc1)CC(C)CCC1CCN2CCC1CC2. The molecule has 1 aromatic carbocycles. The fourth-order valence-corrected chi connectivity index (χ4v) is 6.96. The number of piperidine rings is 1. The Bertz CT molecular complexity index is 791. The highest BCUT2D eigenvalue weighted by molar-refractivity contribution is 5.77. The maximum absolute atomic E-state index is 6.32. The fraction of sp³-hybridized carbons (Fsp3) is 0.788. The van der Waals surface area contributed by atoms with E-state index in [4.69, 9.17) is 10.7 Å². The first-order chi connectivity index (χ1) is 19.0. The average molecular weight is 542 g/mol. The number of aliphatic imine (C=N–C) groups is 1. The second kappa shape index (κ2) is 17.2. The van der Waals surface area contributed by atoms with Gasteiger partial charge in [0.05, 0.1) is 32.8 Å². The van der Waals surface area contributed by atoms with Crippen molar-refractivity contribution in [2.75, 3.05) is 72.1 Å². The lowest BCUT2D eigenvalue weighted by molar-refractivity contribution is -0.923. The van der Waals surface area contributed by atoms with E-state index in [0.717, 1.165) is 44.3 Å². The molecule has 39 heavy (non-hydrogen) atoms. The van der Waals surface area contributed by atoms with Crippen molar-refractivity contribution in [3.05, 3.63) is 35.9 Å². The Hall–Kier alpha value is -1.63. The van der Waals surface area contributed by atoms with E-state index in [2.05, 4.69) is 73.1 Å². The summed E-state index contributed by atoms with van der Waals surface area (Å²) in [5.41, 5.74) is 7.71. The first-order valence-electron chi connectivity index (χ1n) is 16.3. The Morgan fingerprint density at radius 3 is 2.44 bits per heavy atom. The van der Waals surface area contributed by atoms with Gasteiger partial charge in [-0.25, -0.2) is 4.99 Å². The van der Waals surface area contributed by atoms with Crippen molar-refractivity contribution >= 4 is 5.96 Å². The van der Waals surface area contributed by atoms with Gasteiger partial charge in [0.2, 0.25) is 0 Å². The zero-order chi connectivity index (χ0) is 27.9. The smallest absolute Gasteiger partial charge is 0.189 e. The largest absolute Gasteiger partial charge is 0.370 e. The lowest BCUT2D eigenvalue weighted by atomic mass is 9.81. The van der Waals surface area contributed by atoms with Crippen LogP contribution in [0, 0.1) is 17.8 Å². The highest BCUT2D eigenvalue weighted by Gasteiger charge is 2.30. The van der Waals surface area contributed by atoms with Gasteiger partial charge in [-0.05, 0) is 115 Å². The first kappa shape index (κ1) is 31.9. The lowest BCUT2D eigenvalue weighted by Gasteiger charge is -2.35. The van der Waals surface area contributed by atoms with Crippen LogP contribution in [0.4, 0.5) is 0 Å². The number of quaternary nitrogens is 1. The number of benzene rings is 1. The van der Waals surface area contributed by atoms with Gasteiger partial charge >= 0.3 is 0 Å². The molecule has 222 valence electrons. The predicted molar refractivity (Wildman–Crippen MR) is 168 cm³/mol. The molecule has 1 aromatic rings. The number of guanidine groups is 1. The molecule has 3 aliphatic rings. The van der Waals surface area contributed by atoms with Crippen molar-refractivity contribution in [2.24, 2.45) is 28.5 Å². The van der Waals surface area contributed by atoms with E-state index in [1.807, 2.05) is 0 Å². The summed E-state index contributed by atoms with van der Waals surface area (Å²) in [5.74, 6) is 3.19. The molecule has 0 saturated carbocycles. The van der Waals surface area contributed by atoms with Crippen LogP contribution in [0.1, 0.15) is 78.2 Å². The van der Waals surface area contributed by atoms with E-state index in [-0.39, 0.29) is 0 Å². The number of hydrogen-bond donors (Lipinski definition) is 2. The van der Waals surface area contributed by atoms with E-state index in [0.29, 0.717) is 18.5 Å². The van der Waals surface area contributed by atoms with E-state index in [1.165, 1.54) is 94.4 Å². The second-order valence-electron chi connectivity index (χ2n) is 12.6. The first-order valence-corrected chi connectivity index (χ1v) is 16.3. The molecule has 2 atom stereocenters. The second-order valence-corrected chi connectivity index (χ2v) is 12.6. The normalized spacial score (nSPS) is 22.7. The van der Waals surface area contributed by atoms with Crippen LogP contribution in [-0.4, -0.2) is 92.4 Å². The zero-order valence-electron chi connectivity index (χ0n) is 25.9. The van der Waals surface area contributed by atoms with Crippen LogP contribution in [0.3, 0.4) is 0 Å². The summed E-state index contributed by atoms with van der Waals surface area (Å²) in [6.45, 7) is 22.0. The Morgan fingerprint density at radius 1 is 1.05 bits per heavy atom. The molecular formula is C33H61N6+. The van der Waals surface area contributed by atoms with Crippen LogP contribution in [0.15, 0.2) is 35.3 Å². The van der Waals surface area contributed by atoms with E-state index in [1.54, 1.807) is 0 Å². The van der Waals surface area contributed by atoms with E-state index in [9.17, 15) is 0 Å². The van der Waals surface area contributed by atoms with Gasteiger partial charge in [-0.3, -0.25) is 4.90 Å². The topological polar surface area (TPSA) is 56.9 Å². The molecule has 2 bridgehead atoms. The van der Waals surface area contributed by atoms with Crippen LogP contribution >= 0.6 is 0 Å². The van der Waals surface area contributed by atoms with Crippen molar-refractivity contribution in [1.29, 1.82) is 0 Å². The van der Waals surface area contributed by atoms with E-state index < -0.39 is 0 Å². The molecule has 0 aromatic heterocycles. The minimum absolute atomic E-state index is 0.596. The summed E-state index contributed by atoms with van der Waals surface area (Å²) < 4.78 is 1.22. The van der Waals surface area contributed by atoms with Gasteiger partial charge in [-0.2, -0.15) is 0 Å². The summed E-state index contributed by atoms with van der Waals surface area (Å²) in [7, 11) is 0. The third-order valence-electron chi connectivity index (χ3n) is 10.1. The van der Waals surface area contributed by atoms with Gasteiger partial charge in [-0.15, -0.1) is 0 Å². The molecule has 3 aliphatic heterocycles. The van der Waals surface area contributed by atoms with E-state index >= 15 is 0 Å². The van der Waals surface area contributed by atoms with Crippen molar-refractivity contribution in [3.63, 3.8) is 0 Å². The van der Waals surface area contributed by atoms with Gasteiger partial charge in [0.25, 0.3) is 0 Å². The highest BCUT2D eigenvalue weighted by Crippen LogP contribution is 2.35. The minimum Gasteiger partial charge on any atom is -0.370 e. The Kier molecular flexibility index (Phi) is 14.1. The number of unbranched alkanes of at least 4 members (excludes halogenated alkanes) is 1. The molecule has 3 heterocycles. The summed E-state index contributed by atoms with van der Waals surface area (Å²) >= 11 is 0. The van der Waals surface area contributed by atoms with Gasteiger partial charge in [0.15, 0.2) is 5.96 Å². The van der Waals surface area contributed by atoms with Crippen molar-refractivity contribution in [2.45, 2.75) is 79.1 Å². The monoisotopic (exact) mass is 541 g/mol. The Labute approximate surface area is 241 Å². The van der Waals surface area contributed by atoms with Crippen LogP contribution in [-0.2, 0) is 6.42 Å². The number of nitrogens with zero attached hydrogens (tertiary/aromatic N) is 4. The van der Waals surface area contributed by atoms with Crippen molar-refractivity contribution in [3.8, 4) is 0 Å². The molecule has 0 radical (unpaired) electrons. The number of hydrogen-bond acceptors (Lipinski definition) is 3. The molecule has 3 fully saturated rings. The van der Waals surface area contributed by atoms with Gasteiger partial charge in [-0.1, -0.05) is 37.3 Å². The molecule has 0 spiro atoms. The summed E-state index contributed by atoms with van der Waals surface area (Å²) in [5, 5.41) is 3.38. The molecule has 0 aliphatic carbocycles.